The molecule has 0 radical (unpaired) electrons. The van der Waals surface area contributed by atoms with Crippen LogP contribution < -0.4 is 0 Å². The van der Waals surface area contributed by atoms with Crippen molar-refractivity contribution in [2.24, 2.45) is 0 Å². The van der Waals surface area contributed by atoms with Crippen molar-refractivity contribution < 1.29 is 4.79 Å². The predicted octanol–water partition coefficient (Wildman–Crippen LogP) is 5.73. The third-order valence-electron chi connectivity index (χ3n) is 8.40. The SMILES string of the molecule is Cl.O=C(c1ccc2[nH]c3c(c2c1)CCCc1cn[nH]c1-3)N1CCC(N2CCCCCCCC2)CC1. The highest BCUT2D eigenvalue weighted by Gasteiger charge is 2.28. The summed E-state index contributed by atoms with van der Waals surface area (Å²) >= 11 is 0. The van der Waals surface area contributed by atoms with Gasteiger partial charge in [0.25, 0.3) is 5.91 Å². The number of piperidine rings is 1. The molecule has 6 rings (SSSR count). The highest BCUT2D eigenvalue weighted by atomic mass is 35.5. The second-order valence-electron chi connectivity index (χ2n) is 10.5. The van der Waals surface area contributed by atoms with Crippen molar-refractivity contribution >= 4 is 29.2 Å². The van der Waals surface area contributed by atoms with Crippen molar-refractivity contribution in [1.82, 2.24) is 25.0 Å². The smallest absolute Gasteiger partial charge is 0.253 e. The van der Waals surface area contributed by atoms with Crippen LogP contribution in [0.25, 0.3) is 22.3 Å². The lowest BCUT2D eigenvalue weighted by Gasteiger charge is -2.38. The average molecular weight is 496 g/mol. The van der Waals surface area contributed by atoms with Gasteiger partial charge in [0.15, 0.2) is 0 Å². The lowest BCUT2D eigenvalue weighted by molar-refractivity contribution is 0.0616. The normalized spacial score (nSPS) is 20.2. The fourth-order valence-electron chi connectivity index (χ4n) is 6.46. The number of aromatic nitrogens is 3. The molecule has 0 bridgehead atoms. The Kier molecular flexibility index (Phi) is 7.49. The van der Waals surface area contributed by atoms with E-state index < -0.39 is 0 Å². The summed E-state index contributed by atoms with van der Waals surface area (Å²) < 4.78 is 0. The van der Waals surface area contributed by atoms with E-state index in [2.05, 4.69) is 37.1 Å². The number of carbonyl (C=O) groups is 1. The molecule has 2 aromatic heterocycles. The number of hydrogen-bond acceptors (Lipinski definition) is 3. The van der Waals surface area contributed by atoms with Gasteiger partial charge >= 0.3 is 0 Å². The molecule has 0 unspecified atom stereocenters. The summed E-state index contributed by atoms with van der Waals surface area (Å²) in [5.41, 5.74) is 6.79. The van der Waals surface area contributed by atoms with E-state index in [1.165, 1.54) is 68.1 Å². The van der Waals surface area contributed by atoms with Crippen LogP contribution in [0.1, 0.15) is 79.3 Å². The molecule has 35 heavy (non-hydrogen) atoms. The summed E-state index contributed by atoms with van der Waals surface area (Å²) in [5, 5.41) is 8.64. The molecule has 1 aliphatic carbocycles. The maximum absolute atomic E-state index is 13.5. The molecular weight excluding hydrogens is 458 g/mol. The molecule has 0 atom stereocenters. The number of benzene rings is 1. The molecule has 1 amide bonds. The molecule has 7 heteroatoms. The van der Waals surface area contributed by atoms with E-state index in [1.807, 2.05) is 12.3 Å². The van der Waals surface area contributed by atoms with E-state index in [9.17, 15) is 4.79 Å². The van der Waals surface area contributed by atoms with Gasteiger partial charge in [-0.05, 0) is 87.4 Å². The Labute approximate surface area is 214 Å². The maximum atomic E-state index is 13.5. The number of aryl methyl sites for hydroxylation is 2. The number of fused-ring (bicyclic) bond motifs is 5. The average Bonchev–Trinajstić information content (AvgIpc) is 3.47. The van der Waals surface area contributed by atoms with E-state index >= 15 is 0 Å². The number of nitrogens with one attached hydrogen (secondary N) is 2. The Hall–Kier alpha value is -2.31. The van der Waals surface area contributed by atoms with Gasteiger partial charge in [0, 0.05) is 35.6 Å². The van der Waals surface area contributed by atoms with Crippen molar-refractivity contribution in [3.8, 4) is 11.4 Å². The molecule has 2 aliphatic heterocycles. The van der Waals surface area contributed by atoms with Crippen molar-refractivity contribution in [3.63, 3.8) is 0 Å². The number of H-pyrrole nitrogens is 2. The largest absolute Gasteiger partial charge is 0.353 e. The number of halogens is 1. The summed E-state index contributed by atoms with van der Waals surface area (Å²) in [5.74, 6) is 0.190. The molecular formula is C28H38ClN5O. The van der Waals surface area contributed by atoms with Gasteiger partial charge in [0.2, 0.25) is 0 Å². The van der Waals surface area contributed by atoms with Crippen molar-refractivity contribution in [3.05, 3.63) is 41.1 Å². The lowest BCUT2D eigenvalue weighted by Crippen LogP contribution is -2.47. The van der Waals surface area contributed by atoms with Crippen molar-refractivity contribution in [2.75, 3.05) is 26.2 Å². The first kappa shape index (κ1) is 24.4. The Bertz CT molecular complexity index is 1150. The van der Waals surface area contributed by atoms with Crippen LogP contribution in [0.2, 0.25) is 0 Å². The zero-order valence-electron chi connectivity index (χ0n) is 20.7. The van der Waals surface area contributed by atoms with Crippen LogP contribution in [0.15, 0.2) is 24.4 Å². The summed E-state index contributed by atoms with van der Waals surface area (Å²) in [6.45, 7) is 4.24. The molecule has 3 aliphatic rings. The highest BCUT2D eigenvalue weighted by Crippen LogP contribution is 2.36. The molecule has 1 aromatic carbocycles. The number of amides is 1. The summed E-state index contributed by atoms with van der Waals surface area (Å²) in [7, 11) is 0. The predicted molar refractivity (Wildman–Crippen MR) is 143 cm³/mol. The van der Waals surface area contributed by atoms with Crippen LogP contribution in [-0.4, -0.2) is 63.1 Å². The second-order valence-corrected chi connectivity index (χ2v) is 10.5. The second kappa shape index (κ2) is 10.8. The van der Waals surface area contributed by atoms with Crippen LogP contribution in [0.5, 0.6) is 0 Å². The minimum absolute atomic E-state index is 0. The zero-order chi connectivity index (χ0) is 22.9. The lowest BCUT2D eigenvalue weighted by atomic mass is 10.00. The quantitative estimate of drug-likeness (QED) is 0.477. The van der Waals surface area contributed by atoms with Crippen LogP contribution in [0, 0.1) is 0 Å². The van der Waals surface area contributed by atoms with E-state index in [1.54, 1.807) is 0 Å². The summed E-state index contributed by atoms with van der Waals surface area (Å²) in [6.07, 6.45) is 15.6. The number of carbonyl (C=O) groups excluding carboxylic acids is 1. The number of nitrogens with zero attached hydrogens (tertiary/aromatic N) is 3. The first-order valence-corrected chi connectivity index (χ1v) is 13.5. The molecule has 0 spiro atoms. The van der Waals surface area contributed by atoms with Gasteiger partial charge in [0.1, 0.15) is 0 Å². The van der Waals surface area contributed by atoms with E-state index in [0.717, 1.165) is 67.7 Å². The number of likely N-dealkylation sites (tertiary alicyclic amines) is 1. The summed E-state index contributed by atoms with van der Waals surface area (Å²) in [4.78, 5) is 21.9. The van der Waals surface area contributed by atoms with E-state index in [-0.39, 0.29) is 18.3 Å². The highest BCUT2D eigenvalue weighted by molar-refractivity contribution is 6.00. The van der Waals surface area contributed by atoms with E-state index in [0.29, 0.717) is 6.04 Å². The van der Waals surface area contributed by atoms with Crippen LogP contribution >= 0.6 is 12.4 Å². The molecule has 188 valence electrons. The van der Waals surface area contributed by atoms with Gasteiger partial charge in [-0.2, -0.15) is 5.10 Å². The third kappa shape index (κ3) is 4.88. The van der Waals surface area contributed by atoms with Gasteiger partial charge in [-0.3, -0.25) is 9.89 Å². The van der Waals surface area contributed by atoms with Crippen LogP contribution in [0.3, 0.4) is 0 Å². The number of rotatable bonds is 2. The Morgan fingerprint density at radius 2 is 1.63 bits per heavy atom. The molecule has 2 saturated heterocycles. The fraction of sp³-hybridized carbons (Fsp3) is 0.571. The Morgan fingerprint density at radius 3 is 2.40 bits per heavy atom. The van der Waals surface area contributed by atoms with Crippen molar-refractivity contribution in [1.29, 1.82) is 0 Å². The van der Waals surface area contributed by atoms with Gasteiger partial charge in [-0.15, -0.1) is 12.4 Å². The topological polar surface area (TPSA) is 68.0 Å². The zero-order valence-corrected chi connectivity index (χ0v) is 21.5. The number of aromatic amines is 2. The van der Waals surface area contributed by atoms with Crippen LogP contribution in [0.4, 0.5) is 0 Å². The first-order chi connectivity index (χ1) is 16.8. The molecule has 2 N–H and O–H groups in total. The Morgan fingerprint density at radius 1 is 0.886 bits per heavy atom. The van der Waals surface area contributed by atoms with Gasteiger partial charge in [-0.1, -0.05) is 25.7 Å². The minimum atomic E-state index is 0. The van der Waals surface area contributed by atoms with Gasteiger partial charge < -0.3 is 14.8 Å². The van der Waals surface area contributed by atoms with Crippen LogP contribution in [-0.2, 0) is 12.8 Å². The molecule has 3 aromatic rings. The standard InChI is InChI=1S/C28H37N5O.ClH/c34-28(33-16-12-22(13-17-33)32-14-5-3-1-2-4-6-15-32)20-10-11-25-24(18-20)23-9-7-8-21-19-29-31-26(21)27(23)30-25;/h10-11,18-19,22,30H,1-9,12-17H2,(H,29,31);1H. The molecule has 4 heterocycles. The minimum Gasteiger partial charge on any atom is -0.353 e. The fourth-order valence-corrected chi connectivity index (χ4v) is 6.46. The maximum Gasteiger partial charge on any atom is 0.253 e. The summed E-state index contributed by atoms with van der Waals surface area (Å²) in [6, 6.07) is 6.86. The number of hydrogen-bond donors (Lipinski definition) is 2. The first-order valence-electron chi connectivity index (χ1n) is 13.5. The molecule has 0 saturated carbocycles. The van der Waals surface area contributed by atoms with Gasteiger partial charge in [-0.25, -0.2) is 0 Å². The molecule has 2 fully saturated rings. The monoisotopic (exact) mass is 495 g/mol. The van der Waals surface area contributed by atoms with E-state index in [4.69, 9.17) is 0 Å². The van der Waals surface area contributed by atoms with Crippen molar-refractivity contribution in [2.45, 2.75) is 76.7 Å². The van der Waals surface area contributed by atoms with Gasteiger partial charge in [0.05, 0.1) is 17.6 Å². The Balaban J connectivity index is 0.00000253. The molecule has 6 nitrogen and oxygen atoms in total. The third-order valence-corrected chi connectivity index (χ3v) is 8.40.